The lowest BCUT2D eigenvalue weighted by molar-refractivity contribution is 0.323. The number of aromatic hydroxyl groups is 1. The predicted molar refractivity (Wildman–Crippen MR) is 124 cm³/mol. The smallest absolute Gasteiger partial charge is 0.335 e. The van der Waals surface area contributed by atoms with Gasteiger partial charge in [-0.3, -0.25) is 9.78 Å². The number of methoxy groups -OCH3 is 4. The van der Waals surface area contributed by atoms with Crippen LogP contribution in [0.5, 0.6) is 28.9 Å². The number of rotatable bonds is 7. The molecule has 11 heteroatoms. The largest absolute Gasteiger partial charge is 0.495 e. The monoisotopic (exact) mass is 468 g/mol. The van der Waals surface area contributed by atoms with E-state index in [0.717, 1.165) is 10.1 Å². The zero-order valence-corrected chi connectivity index (χ0v) is 19.0. The molecule has 11 nitrogen and oxygen atoms in total. The number of hydrogen-bond acceptors (Lipinski definition) is 9. The number of aromatic nitrogens is 2. The third-order valence-electron chi connectivity index (χ3n) is 5.54. The van der Waals surface area contributed by atoms with Gasteiger partial charge in [-0.15, -0.1) is 0 Å². The minimum Gasteiger partial charge on any atom is -0.495 e. The maximum Gasteiger partial charge on any atom is 0.335 e. The molecule has 0 fully saturated rings. The van der Waals surface area contributed by atoms with Crippen molar-refractivity contribution in [1.82, 2.24) is 15.0 Å². The van der Waals surface area contributed by atoms with E-state index in [1.807, 2.05) is 0 Å². The van der Waals surface area contributed by atoms with E-state index in [1.165, 1.54) is 28.4 Å². The summed E-state index contributed by atoms with van der Waals surface area (Å²) < 4.78 is 22.5. The Labute approximate surface area is 194 Å². The summed E-state index contributed by atoms with van der Waals surface area (Å²) in [7, 11) is 5.99. The molecule has 1 aromatic heterocycles. The molecule has 0 saturated carbocycles. The Hall–Kier alpha value is -4.41. The van der Waals surface area contributed by atoms with Crippen LogP contribution in [-0.4, -0.2) is 48.8 Å². The van der Waals surface area contributed by atoms with Crippen molar-refractivity contribution >= 4 is 5.71 Å². The standard InChI is InChI=1S/C23H24N4O7/c1-31-16-8-6-5-7-15(16)27-22(29)19(21(28)24-23(27)30)14-11-13(25-26-14)12-9-17(32-2)20(34-4)18(10-12)33-3/h5-10,13,25,29H,11H2,1-4H3,(H,24,28,30)/t13-/m0/s1. The SMILES string of the molecule is COc1ccccc1-n1c(O)c(C2=NN[C@H](c3cc(OC)c(OC)c(OC)c3)C2)c(=O)[nH]c1=O. The summed E-state index contributed by atoms with van der Waals surface area (Å²) in [6.07, 6.45) is 0.249. The molecule has 2 heterocycles. The zero-order valence-electron chi connectivity index (χ0n) is 19.0. The van der Waals surface area contributed by atoms with Crippen molar-refractivity contribution in [3.05, 3.63) is 68.4 Å². The van der Waals surface area contributed by atoms with Gasteiger partial charge in [0.25, 0.3) is 5.56 Å². The van der Waals surface area contributed by atoms with Gasteiger partial charge in [-0.1, -0.05) is 12.1 Å². The van der Waals surface area contributed by atoms with Crippen LogP contribution < -0.4 is 35.6 Å². The summed E-state index contributed by atoms with van der Waals surface area (Å²) in [6, 6.07) is 9.84. The van der Waals surface area contributed by atoms with Crippen molar-refractivity contribution in [2.24, 2.45) is 5.10 Å². The molecule has 0 aliphatic carbocycles. The van der Waals surface area contributed by atoms with Crippen LogP contribution in [0.2, 0.25) is 0 Å². The molecule has 3 N–H and O–H groups in total. The second-order valence-electron chi connectivity index (χ2n) is 7.37. The van der Waals surface area contributed by atoms with E-state index in [-0.39, 0.29) is 29.4 Å². The lowest BCUT2D eigenvalue weighted by atomic mass is 9.99. The summed E-state index contributed by atoms with van der Waals surface area (Å²) in [6.45, 7) is 0. The van der Waals surface area contributed by atoms with E-state index >= 15 is 0 Å². The summed E-state index contributed by atoms with van der Waals surface area (Å²) in [5, 5.41) is 15.3. The first-order valence-electron chi connectivity index (χ1n) is 10.3. The molecule has 1 aliphatic heterocycles. The number of para-hydroxylation sites is 2. The molecular formula is C23H24N4O7. The van der Waals surface area contributed by atoms with Gasteiger partial charge in [0.05, 0.1) is 45.9 Å². The highest BCUT2D eigenvalue weighted by Crippen LogP contribution is 2.41. The number of hydrazone groups is 1. The first kappa shape index (κ1) is 22.8. The summed E-state index contributed by atoms with van der Waals surface area (Å²) in [4.78, 5) is 27.5. The number of ether oxygens (including phenoxy) is 4. The van der Waals surface area contributed by atoms with Crippen LogP contribution in [0.1, 0.15) is 23.6 Å². The number of nitrogens with zero attached hydrogens (tertiary/aromatic N) is 2. The van der Waals surface area contributed by atoms with Crippen molar-refractivity contribution in [2.45, 2.75) is 12.5 Å². The molecule has 0 unspecified atom stereocenters. The summed E-state index contributed by atoms with van der Waals surface area (Å²) in [5.74, 6) is 1.20. The van der Waals surface area contributed by atoms with Gasteiger partial charge >= 0.3 is 5.69 Å². The second kappa shape index (κ2) is 9.22. The Morgan fingerprint density at radius 1 is 0.971 bits per heavy atom. The molecule has 2 aromatic carbocycles. The molecule has 1 aliphatic rings. The van der Waals surface area contributed by atoms with Crippen LogP contribution in [0.25, 0.3) is 5.69 Å². The molecule has 4 rings (SSSR count). The van der Waals surface area contributed by atoms with E-state index in [2.05, 4.69) is 15.5 Å². The Bertz CT molecular complexity index is 1350. The Balaban J connectivity index is 1.75. The average molecular weight is 468 g/mol. The highest BCUT2D eigenvalue weighted by molar-refractivity contribution is 6.03. The molecule has 3 aromatic rings. The number of hydrogen-bond donors (Lipinski definition) is 3. The maximum absolute atomic E-state index is 12.7. The topological polar surface area (TPSA) is 136 Å². The van der Waals surface area contributed by atoms with Crippen molar-refractivity contribution in [3.63, 3.8) is 0 Å². The molecule has 0 spiro atoms. The van der Waals surface area contributed by atoms with Gasteiger partial charge in [0.15, 0.2) is 11.5 Å². The second-order valence-corrected chi connectivity index (χ2v) is 7.37. The van der Waals surface area contributed by atoms with Crippen LogP contribution >= 0.6 is 0 Å². The number of nitrogens with one attached hydrogen (secondary N) is 2. The Morgan fingerprint density at radius 2 is 1.62 bits per heavy atom. The third kappa shape index (κ3) is 3.81. The number of aromatic amines is 1. The fourth-order valence-corrected chi connectivity index (χ4v) is 3.92. The van der Waals surface area contributed by atoms with Crippen molar-refractivity contribution < 1.29 is 24.1 Å². The molecule has 0 amide bonds. The number of H-pyrrole nitrogens is 1. The van der Waals surface area contributed by atoms with Crippen LogP contribution in [0.4, 0.5) is 0 Å². The molecule has 0 bridgehead atoms. The summed E-state index contributed by atoms with van der Waals surface area (Å²) in [5.41, 5.74) is 2.62. The van der Waals surface area contributed by atoms with E-state index in [4.69, 9.17) is 18.9 Å². The van der Waals surface area contributed by atoms with Gasteiger partial charge in [0.2, 0.25) is 11.6 Å². The van der Waals surface area contributed by atoms with Crippen LogP contribution in [0.3, 0.4) is 0 Å². The van der Waals surface area contributed by atoms with E-state index < -0.39 is 17.1 Å². The van der Waals surface area contributed by atoms with Crippen molar-refractivity contribution in [1.29, 1.82) is 0 Å². The van der Waals surface area contributed by atoms with Gasteiger partial charge in [-0.05, 0) is 29.8 Å². The minimum atomic E-state index is -0.802. The van der Waals surface area contributed by atoms with E-state index in [9.17, 15) is 14.7 Å². The van der Waals surface area contributed by atoms with Crippen LogP contribution in [-0.2, 0) is 0 Å². The highest BCUT2D eigenvalue weighted by atomic mass is 16.5. The van der Waals surface area contributed by atoms with Crippen LogP contribution in [0, 0.1) is 0 Å². The molecule has 0 saturated heterocycles. The Kier molecular flexibility index (Phi) is 6.17. The lowest BCUT2D eigenvalue weighted by Crippen LogP contribution is -2.33. The third-order valence-corrected chi connectivity index (χ3v) is 5.54. The first-order chi connectivity index (χ1) is 16.4. The van der Waals surface area contributed by atoms with Gasteiger partial charge in [-0.25, -0.2) is 9.36 Å². The Morgan fingerprint density at radius 3 is 2.24 bits per heavy atom. The number of benzene rings is 2. The fourth-order valence-electron chi connectivity index (χ4n) is 3.92. The van der Waals surface area contributed by atoms with E-state index in [1.54, 1.807) is 36.4 Å². The van der Waals surface area contributed by atoms with Gasteiger partial charge in [-0.2, -0.15) is 5.10 Å². The average Bonchev–Trinajstić information content (AvgIpc) is 3.32. The first-order valence-corrected chi connectivity index (χ1v) is 10.3. The molecular weight excluding hydrogens is 444 g/mol. The lowest BCUT2D eigenvalue weighted by Gasteiger charge is -2.17. The molecule has 0 radical (unpaired) electrons. The van der Waals surface area contributed by atoms with Gasteiger partial charge < -0.3 is 29.5 Å². The summed E-state index contributed by atoms with van der Waals surface area (Å²) >= 11 is 0. The minimum absolute atomic E-state index is 0.118. The molecule has 34 heavy (non-hydrogen) atoms. The fraction of sp³-hybridized carbons (Fsp3) is 0.261. The zero-order chi connectivity index (χ0) is 24.4. The quantitative estimate of drug-likeness (QED) is 0.477. The van der Waals surface area contributed by atoms with Crippen molar-refractivity contribution in [2.75, 3.05) is 28.4 Å². The normalized spacial score (nSPS) is 14.8. The maximum atomic E-state index is 12.7. The predicted octanol–water partition coefficient (Wildman–Crippen LogP) is 1.70. The van der Waals surface area contributed by atoms with Crippen molar-refractivity contribution in [3.8, 4) is 34.6 Å². The van der Waals surface area contributed by atoms with Gasteiger partial charge in [0, 0.05) is 6.42 Å². The molecule has 178 valence electrons. The van der Waals surface area contributed by atoms with Gasteiger partial charge in [0.1, 0.15) is 11.3 Å². The highest BCUT2D eigenvalue weighted by Gasteiger charge is 2.29. The molecule has 1 atom stereocenters. The van der Waals surface area contributed by atoms with Crippen LogP contribution in [0.15, 0.2) is 51.1 Å². The van der Waals surface area contributed by atoms with E-state index in [0.29, 0.717) is 23.0 Å².